The van der Waals surface area contributed by atoms with Crippen LogP contribution in [0.15, 0.2) is 28.8 Å². The highest BCUT2D eigenvalue weighted by atomic mass is 19.1. The number of aliphatic hydroxyl groups is 1. The summed E-state index contributed by atoms with van der Waals surface area (Å²) in [7, 11) is 0. The van der Waals surface area contributed by atoms with E-state index in [0.29, 0.717) is 30.5 Å². The van der Waals surface area contributed by atoms with Gasteiger partial charge in [0.1, 0.15) is 5.82 Å². The third-order valence-corrected chi connectivity index (χ3v) is 4.75. The van der Waals surface area contributed by atoms with Crippen molar-refractivity contribution >= 4 is 5.91 Å². The van der Waals surface area contributed by atoms with Crippen molar-refractivity contribution < 1.29 is 18.8 Å². The van der Waals surface area contributed by atoms with Crippen molar-refractivity contribution in [3.63, 3.8) is 0 Å². The molecule has 7 heteroatoms. The Labute approximate surface area is 138 Å². The van der Waals surface area contributed by atoms with Crippen molar-refractivity contribution in [3.05, 3.63) is 47.4 Å². The Morgan fingerprint density at radius 2 is 2.21 bits per heavy atom. The number of halogens is 1. The highest BCUT2D eigenvalue weighted by Crippen LogP contribution is 2.40. The van der Waals surface area contributed by atoms with Crippen LogP contribution in [0.2, 0.25) is 0 Å². The summed E-state index contributed by atoms with van der Waals surface area (Å²) < 4.78 is 18.7. The Balaban J connectivity index is 1.53. The van der Waals surface area contributed by atoms with E-state index in [0.717, 1.165) is 18.7 Å². The fourth-order valence-corrected chi connectivity index (χ4v) is 3.21. The summed E-state index contributed by atoms with van der Waals surface area (Å²) in [4.78, 5) is 18.6. The van der Waals surface area contributed by atoms with E-state index < -0.39 is 5.82 Å². The largest absolute Gasteiger partial charge is 0.396 e. The summed E-state index contributed by atoms with van der Waals surface area (Å²) in [5.41, 5.74) is 0.302. The average molecular weight is 331 g/mol. The maximum absolute atomic E-state index is 13.3. The van der Waals surface area contributed by atoms with Crippen LogP contribution in [0.3, 0.4) is 0 Å². The molecule has 1 N–H and O–H groups in total. The van der Waals surface area contributed by atoms with Crippen molar-refractivity contribution in [1.29, 1.82) is 0 Å². The second-order valence-corrected chi connectivity index (χ2v) is 6.53. The Kier molecular flexibility index (Phi) is 3.80. The van der Waals surface area contributed by atoms with Crippen LogP contribution in [-0.2, 0) is 0 Å². The summed E-state index contributed by atoms with van der Waals surface area (Å²) in [5.74, 6) is 0.546. The number of aliphatic hydroxyl groups excluding tert-OH is 1. The van der Waals surface area contributed by atoms with Gasteiger partial charge in [0.2, 0.25) is 5.89 Å². The molecule has 1 aliphatic carbocycles. The van der Waals surface area contributed by atoms with Gasteiger partial charge in [-0.3, -0.25) is 4.79 Å². The number of likely N-dealkylation sites (tertiary alicyclic amines) is 1. The number of carbonyl (C=O) groups is 1. The fourth-order valence-electron chi connectivity index (χ4n) is 3.21. The SMILES string of the molecule is O=C(c1cccc(F)c1)N1C[C@@H](CO)[C@H](c2nc(C3CC3)no2)C1. The molecule has 2 aliphatic rings. The molecule has 4 rings (SSSR count). The van der Waals surface area contributed by atoms with Crippen LogP contribution >= 0.6 is 0 Å². The molecule has 24 heavy (non-hydrogen) atoms. The maximum atomic E-state index is 13.3. The van der Waals surface area contributed by atoms with Crippen molar-refractivity contribution in [3.8, 4) is 0 Å². The summed E-state index contributed by atoms with van der Waals surface area (Å²) in [6.07, 6.45) is 2.16. The number of rotatable bonds is 4. The molecule has 1 aromatic carbocycles. The number of carbonyl (C=O) groups excluding carboxylic acids is 1. The Hall–Kier alpha value is -2.28. The van der Waals surface area contributed by atoms with Crippen LogP contribution in [-0.4, -0.2) is 45.8 Å². The lowest BCUT2D eigenvalue weighted by Gasteiger charge is -2.16. The van der Waals surface area contributed by atoms with E-state index in [1.54, 1.807) is 11.0 Å². The van der Waals surface area contributed by atoms with Crippen molar-refractivity contribution in [2.24, 2.45) is 5.92 Å². The van der Waals surface area contributed by atoms with Gasteiger partial charge in [-0.15, -0.1) is 0 Å². The summed E-state index contributed by atoms with van der Waals surface area (Å²) in [6.45, 7) is 0.698. The third kappa shape index (κ3) is 2.80. The molecular formula is C17H18FN3O3. The lowest BCUT2D eigenvalue weighted by atomic mass is 9.97. The Bertz CT molecular complexity index is 759. The number of hydrogen-bond acceptors (Lipinski definition) is 5. The number of nitrogens with zero attached hydrogens (tertiary/aromatic N) is 3. The molecule has 0 bridgehead atoms. The molecule has 2 aromatic rings. The van der Waals surface area contributed by atoms with Crippen LogP contribution in [0.4, 0.5) is 4.39 Å². The van der Waals surface area contributed by atoms with E-state index in [-0.39, 0.29) is 24.3 Å². The molecular weight excluding hydrogens is 313 g/mol. The summed E-state index contributed by atoms with van der Waals surface area (Å²) in [6, 6.07) is 5.63. The van der Waals surface area contributed by atoms with Gasteiger partial charge in [-0.2, -0.15) is 4.98 Å². The molecule has 2 atom stereocenters. The summed E-state index contributed by atoms with van der Waals surface area (Å²) >= 11 is 0. The predicted molar refractivity (Wildman–Crippen MR) is 81.9 cm³/mol. The zero-order valence-electron chi connectivity index (χ0n) is 13.1. The van der Waals surface area contributed by atoms with Crippen LogP contribution in [0, 0.1) is 11.7 Å². The number of hydrogen-bond donors (Lipinski definition) is 1. The maximum Gasteiger partial charge on any atom is 0.253 e. The molecule has 1 aromatic heterocycles. The van der Waals surface area contributed by atoms with Gasteiger partial charge in [-0.25, -0.2) is 4.39 Å². The van der Waals surface area contributed by atoms with Crippen LogP contribution in [0.25, 0.3) is 0 Å². The van der Waals surface area contributed by atoms with E-state index in [1.807, 2.05) is 0 Å². The molecule has 0 radical (unpaired) electrons. The first-order valence-electron chi connectivity index (χ1n) is 8.15. The minimum atomic E-state index is -0.443. The van der Waals surface area contributed by atoms with Gasteiger partial charge >= 0.3 is 0 Å². The van der Waals surface area contributed by atoms with Crippen LogP contribution < -0.4 is 0 Å². The van der Waals surface area contributed by atoms with E-state index in [9.17, 15) is 14.3 Å². The molecule has 2 fully saturated rings. The van der Waals surface area contributed by atoms with Gasteiger partial charge in [-0.05, 0) is 31.0 Å². The minimum Gasteiger partial charge on any atom is -0.396 e. The van der Waals surface area contributed by atoms with Gasteiger partial charge in [0.05, 0.1) is 5.92 Å². The predicted octanol–water partition coefficient (Wildman–Crippen LogP) is 1.93. The fraction of sp³-hybridized carbons (Fsp3) is 0.471. The van der Waals surface area contributed by atoms with E-state index in [1.165, 1.54) is 18.2 Å². The molecule has 1 saturated heterocycles. The molecule has 1 amide bonds. The first-order chi connectivity index (χ1) is 11.7. The zero-order valence-corrected chi connectivity index (χ0v) is 13.1. The molecule has 0 spiro atoms. The first kappa shape index (κ1) is 15.3. The third-order valence-electron chi connectivity index (χ3n) is 4.75. The van der Waals surface area contributed by atoms with Gasteiger partial charge in [0.15, 0.2) is 5.82 Å². The lowest BCUT2D eigenvalue weighted by molar-refractivity contribution is 0.0780. The topological polar surface area (TPSA) is 79.5 Å². The molecule has 1 saturated carbocycles. The minimum absolute atomic E-state index is 0.0707. The van der Waals surface area contributed by atoms with E-state index in [2.05, 4.69) is 10.1 Å². The second kappa shape index (κ2) is 5.98. The van der Waals surface area contributed by atoms with Crippen molar-refractivity contribution in [1.82, 2.24) is 15.0 Å². The number of benzene rings is 1. The van der Waals surface area contributed by atoms with Crippen LogP contribution in [0.5, 0.6) is 0 Å². The standard InChI is InChI=1S/C17H18FN3O3/c18-13-3-1-2-11(6-13)17(23)21-7-12(9-22)14(8-21)16-19-15(20-24-16)10-4-5-10/h1-3,6,10,12,14,22H,4-5,7-9H2/t12-,14+/m0/s1. The van der Waals surface area contributed by atoms with Crippen LogP contribution in [0.1, 0.15) is 46.8 Å². The highest BCUT2D eigenvalue weighted by molar-refractivity contribution is 5.94. The quantitative estimate of drug-likeness (QED) is 0.926. The zero-order chi connectivity index (χ0) is 16.7. The van der Waals surface area contributed by atoms with Gasteiger partial charge in [0, 0.05) is 37.1 Å². The van der Waals surface area contributed by atoms with Gasteiger partial charge < -0.3 is 14.5 Å². The average Bonchev–Trinajstić information content (AvgIpc) is 3.17. The smallest absolute Gasteiger partial charge is 0.253 e. The molecule has 1 aliphatic heterocycles. The Morgan fingerprint density at radius 3 is 2.92 bits per heavy atom. The van der Waals surface area contributed by atoms with Gasteiger partial charge in [0.25, 0.3) is 5.91 Å². The lowest BCUT2D eigenvalue weighted by Crippen LogP contribution is -2.29. The second-order valence-electron chi connectivity index (χ2n) is 6.53. The highest BCUT2D eigenvalue weighted by Gasteiger charge is 2.40. The van der Waals surface area contributed by atoms with E-state index in [4.69, 9.17) is 4.52 Å². The normalized spacial score (nSPS) is 23.7. The Morgan fingerprint density at radius 1 is 1.38 bits per heavy atom. The van der Waals surface area contributed by atoms with Gasteiger partial charge in [-0.1, -0.05) is 11.2 Å². The number of aromatic nitrogens is 2. The number of amides is 1. The molecule has 6 nitrogen and oxygen atoms in total. The molecule has 126 valence electrons. The van der Waals surface area contributed by atoms with Crippen molar-refractivity contribution in [2.75, 3.05) is 19.7 Å². The molecule has 0 unspecified atom stereocenters. The van der Waals surface area contributed by atoms with Crippen molar-refractivity contribution in [2.45, 2.75) is 24.7 Å². The monoisotopic (exact) mass is 331 g/mol. The van der Waals surface area contributed by atoms with E-state index >= 15 is 0 Å². The molecule has 2 heterocycles. The summed E-state index contributed by atoms with van der Waals surface area (Å²) in [5, 5.41) is 13.7. The first-order valence-corrected chi connectivity index (χ1v) is 8.15.